The normalized spacial score (nSPS) is 14.0. The van der Waals surface area contributed by atoms with Gasteiger partial charge in [0, 0.05) is 6.07 Å². The van der Waals surface area contributed by atoms with Crippen LogP contribution in [0.4, 0.5) is 4.39 Å². The Morgan fingerprint density at radius 3 is 2.72 bits per heavy atom. The monoisotopic (exact) mass is 279 g/mol. The fraction of sp³-hybridized carbons (Fsp3) is 0.400. The van der Waals surface area contributed by atoms with Crippen LogP contribution in [0.5, 0.6) is 11.5 Å². The summed E-state index contributed by atoms with van der Waals surface area (Å²) in [7, 11) is -3.81. The van der Waals surface area contributed by atoms with Crippen molar-refractivity contribution in [1.82, 2.24) is 5.25 Å². The van der Waals surface area contributed by atoms with Gasteiger partial charge in [-0.15, -0.1) is 5.25 Å². The number of hydrogen-bond donors (Lipinski definition) is 3. The van der Waals surface area contributed by atoms with Crippen LogP contribution >= 0.6 is 7.52 Å². The minimum Gasteiger partial charge on any atom is -0.494 e. The zero-order valence-electron chi connectivity index (χ0n) is 9.80. The maximum atomic E-state index is 13.5. The van der Waals surface area contributed by atoms with Gasteiger partial charge in [0.05, 0.1) is 19.4 Å². The van der Waals surface area contributed by atoms with E-state index in [4.69, 9.17) is 19.6 Å². The molecule has 1 aromatic carbocycles. The highest BCUT2D eigenvalue weighted by Crippen LogP contribution is 2.33. The summed E-state index contributed by atoms with van der Waals surface area (Å²) in [6.07, 6.45) is -0.337. The third-order valence-electron chi connectivity index (χ3n) is 2.02. The molecule has 3 N–H and O–H groups in total. The molecule has 0 amide bonds. The van der Waals surface area contributed by atoms with E-state index < -0.39 is 13.3 Å². The molecule has 0 saturated carbocycles. The third kappa shape index (κ3) is 4.62. The van der Waals surface area contributed by atoms with Crippen molar-refractivity contribution < 1.29 is 28.5 Å². The number of rotatable bonds is 7. The lowest BCUT2D eigenvalue weighted by Gasteiger charge is -2.11. The molecule has 0 aliphatic rings. The first-order chi connectivity index (χ1) is 8.48. The quantitative estimate of drug-likeness (QED) is 0.520. The Balaban J connectivity index is 2.55. The number of halogens is 1. The lowest BCUT2D eigenvalue weighted by atomic mass is 10.3. The summed E-state index contributed by atoms with van der Waals surface area (Å²) in [6, 6.07) is 4.07. The smallest absolute Gasteiger partial charge is 0.292 e. The topological polar surface area (TPSA) is 88.0 Å². The van der Waals surface area contributed by atoms with Crippen molar-refractivity contribution >= 4 is 7.52 Å². The molecule has 8 heteroatoms. The van der Waals surface area contributed by atoms with Gasteiger partial charge in [-0.2, -0.15) is 0 Å². The molecular weight excluding hydrogens is 264 g/mol. The lowest BCUT2D eigenvalue weighted by molar-refractivity contribution is 0.219. The van der Waals surface area contributed by atoms with Gasteiger partial charge in [-0.1, -0.05) is 0 Å². The van der Waals surface area contributed by atoms with Gasteiger partial charge in [0.1, 0.15) is 5.75 Å². The fourth-order valence-electron chi connectivity index (χ4n) is 1.18. The second-order valence-electron chi connectivity index (χ2n) is 3.40. The van der Waals surface area contributed by atoms with Crippen molar-refractivity contribution in [2.75, 3.05) is 19.4 Å². The number of nitrogens with one attached hydrogen (secondary N) is 1. The molecule has 0 spiro atoms. The molecule has 0 heterocycles. The van der Waals surface area contributed by atoms with E-state index in [2.05, 4.69) is 0 Å². The van der Waals surface area contributed by atoms with Gasteiger partial charge in [-0.3, -0.25) is 4.57 Å². The number of hydrogen-bond acceptors (Lipinski definition) is 4. The van der Waals surface area contributed by atoms with Gasteiger partial charge in [0.15, 0.2) is 11.6 Å². The van der Waals surface area contributed by atoms with Crippen LogP contribution in [0.1, 0.15) is 6.92 Å². The molecule has 1 rings (SSSR count). The summed E-state index contributed by atoms with van der Waals surface area (Å²) in [5.74, 6) is -0.283. The molecule has 18 heavy (non-hydrogen) atoms. The average Bonchev–Trinajstić information content (AvgIpc) is 2.32. The van der Waals surface area contributed by atoms with Gasteiger partial charge >= 0.3 is 0 Å². The van der Waals surface area contributed by atoms with Crippen LogP contribution < -0.4 is 14.7 Å². The minimum atomic E-state index is -3.81. The summed E-state index contributed by atoms with van der Waals surface area (Å²) < 4.78 is 34.6. The van der Waals surface area contributed by atoms with Crippen molar-refractivity contribution in [2.45, 2.75) is 6.92 Å². The first-order valence-electron chi connectivity index (χ1n) is 5.27. The van der Waals surface area contributed by atoms with E-state index in [1.165, 1.54) is 23.4 Å². The number of benzene rings is 1. The predicted molar refractivity (Wildman–Crippen MR) is 62.7 cm³/mol. The molecule has 0 aliphatic carbocycles. The maximum absolute atomic E-state index is 13.5. The molecule has 1 aromatic rings. The zero-order chi connectivity index (χ0) is 13.6. The summed E-state index contributed by atoms with van der Waals surface area (Å²) >= 11 is 0. The average molecular weight is 279 g/mol. The standard InChI is InChI=1S/C10H15FNO5P/c1-2-16-8-3-4-10(9(11)7-8)17-5-6-18(14,15)12-13/h3-4,7,13H,2,5-6H2,1H3,(H2,12,14,15). The van der Waals surface area contributed by atoms with E-state index >= 15 is 0 Å². The molecule has 0 saturated heterocycles. The summed E-state index contributed by atoms with van der Waals surface area (Å²) in [5.41, 5.74) is 0. The highest BCUT2D eigenvalue weighted by atomic mass is 31.2. The van der Waals surface area contributed by atoms with Crippen LogP contribution in [0.25, 0.3) is 0 Å². The third-order valence-corrected chi connectivity index (χ3v) is 3.12. The Morgan fingerprint density at radius 2 is 2.17 bits per heavy atom. The van der Waals surface area contributed by atoms with E-state index in [1.807, 2.05) is 0 Å². The molecule has 1 unspecified atom stereocenters. The van der Waals surface area contributed by atoms with E-state index in [9.17, 15) is 8.96 Å². The Hall–Kier alpha value is -1.14. The molecule has 1 atom stereocenters. The minimum absolute atomic E-state index is 0.0450. The second-order valence-corrected chi connectivity index (χ2v) is 5.45. The molecule has 0 bridgehead atoms. The van der Waals surface area contributed by atoms with Gasteiger partial charge in [0.25, 0.3) is 7.52 Å². The molecule has 0 aromatic heterocycles. The van der Waals surface area contributed by atoms with Crippen LogP contribution in [-0.4, -0.2) is 29.5 Å². The van der Waals surface area contributed by atoms with Crippen molar-refractivity contribution in [2.24, 2.45) is 0 Å². The largest absolute Gasteiger partial charge is 0.494 e. The summed E-state index contributed by atoms with van der Waals surface area (Å²) in [5, 5.41) is 9.62. The van der Waals surface area contributed by atoms with Crippen LogP contribution in [0.15, 0.2) is 18.2 Å². The van der Waals surface area contributed by atoms with Gasteiger partial charge < -0.3 is 19.6 Å². The Morgan fingerprint density at radius 1 is 1.44 bits per heavy atom. The van der Waals surface area contributed by atoms with Gasteiger partial charge in [-0.25, -0.2) is 4.39 Å². The van der Waals surface area contributed by atoms with Crippen LogP contribution in [0, 0.1) is 5.82 Å². The van der Waals surface area contributed by atoms with E-state index in [-0.39, 0.29) is 18.5 Å². The SMILES string of the molecule is CCOc1ccc(OCCP(=O)(O)NO)c(F)c1. The lowest BCUT2D eigenvalue weighted by Crippen LogP contribution is -2.12. The maximum Gasteiger partial charge on any atom is 0.292 e. The first-order valence-corrected chi connectivity index (χ1v) is 7.11. The second kappa shape index (κ2) is 6.70. The Bertz CT molecular complexity index is 442. The molecule has 0 fully saturated rings. The highest BCUT2D eigenvalue weighted by molar-refractivity contribution is 7.55. The van der Waals surface area contributed by atoms with Crippen molar-refractivity contribution in [3.05, 3.63) is 24.0 Å². The van der Waals surface area contributed by atoms with E-state index in [1.54, 1.807) is 6.92 Å². The molecule has 0 radical (unpaired) electrons. The summed E-state index contributed by atoms with van der Waals surface area (Å²) in [4.78, 5) is 8.99. The van der Waals surface area contributed by atoms with Gasteiger partial charge in [0.2, 0.25) is 0 Å². The summed E-state index contributed by atoms with van der Waals surface area (Å²) in [6.45, 7) is 2.00. The van der Waals surface area contributed by atoms with Gasteiger partial charge in [-0.05, 0) is 19.1 Å². The molecule has 6 nitrogen and oxygen atoms in total. The van der Waals surface area contributed by atoms with Crippen LogP contribution in [0.3, 0.4) is 0 Å². The Kier molecular flexibility index (Phi) is 5.55. The Labute approximate surface area is 104 Å². The van der Waals surface area contributed by atoms with Crippen LogP contribution in [-0.2, 0) is 4.57 Å². The van der Waals surface area contributed by atoms with Crippen molar-refractivity contribution in [3.8, 4) is 11.5 Å². The highest BCUT2D eigenvalue weighted by Gasteiger charge is 2.16. The van der Waals surface area contributed by atoms with Crippen molar-refractivity contribution in [3.63, 3.8) is 0 Å². The predicted octanol–water partition coefficient (Wildman–Crippen LogP) is 1.77. The van der Waals surface area contributed by atoms with Crippen molar-refractivity contribution in [1.29, 1.82) is 0 Å². The zero-order valence-corrected chi connectivity index (χ0v) is 10.7. The van der Waals surface area contributed by atoms with Crippen LogP contribution in [0.2, 0.25) is 0 Å². The molecule has 102 valence electrons. The van der Waals surface area contributed by atoms with E-state index in [0.717, 1.165) is 0 Å². The fourth-order valence-corrected chi connectivity index (χ4v) is 1.62. The molecule has 0 aliphatic heterocycles. The van der Waals surface area contributed by atoms with E-state index in [0.29, 0.717) is 12.4 Å². The first kappa shape index (κ1) is 14.9. The number of ether oxygens (including phenoxy) is 2. The molecular formula is C10H15FNO5P.